The van der Waals surface area contributed by atoms with Gasteiger partial charge >= 0.3 is 0 Å². The van der Waals surface area contributed by atoms with Gasteiger partial charge in [-0.15, -0.1) is 10.2 Å². The zero-order valence-corrected chi connectivity index (χ0v) is 13.3. The molecule has 5 nitrogen and oxygen atoms in total. The van der Waals surface area contributed by atoms with Gasteiger partial charge in [0.1, 0.15) is 5.69 Å². The molecule has 6 heteroatoms. The van der Waals surface area contributed by atoms with E-state index in [1.807, 2.05) is 60.7 Å². The Kier molecular flexibility index (Phi) is 3.51. The Balaban J connectivity index is 2.18. The minimum atomic E-state index is -0.278. The summed E-state index contributed by atoms with van der Waals surface area (Å²) in [5.41, 5.74) is 3.28. The Morgan fingerprint density at radius 2 is 1.42 bits per heavy atom. The van der Waals surface area contributed by atoms with Gasteiger partial charge in [-0.05, 0) is 17.8 Å². The van der Waals surface area contributed by atoms with Crippen LogP contribution in [0.1, 0.15) is 0 Å². The predicted octanol–water partition coefficient (Wildman–Crippen LogP) is 3.71. The molecule has 0 unspecified atom stereocenters. The van der Waals surface area contributed by atoms with Crippen LogP contribution in [0.15, 0.2) is 65.5 Å². The molecule has 2 aromatic heterocycles. The Morgan fingerprint density at radius 3 is 2.08 bits per heavy atom. The van der Waals surface area contributed by atoms with Crippen LogP contribution in [0.5, 0.6) is 0 Å². The van der Waals surface area contributed by atoms with Crippen molar-refractivity contribution in [2.24, 2.45) is 0 Å². The summed E-state index contributed by atoms with van der Waals surface area (Å²) in [5, 5.41) is 8.98. The van der Waals surface area contributed by atoms with Gasteiger partial charge in [0.05, 0.1) is 5.39 Å². The molecule has 0 fully saturated rings. The second kappa shape index (κ2) is 5.82. The summed E-state index contributed by atoms with van der Waals surface area (Å²) in [6.45, 7) is 0. The minimum absolute atomic E-state index is 0.230. The zero-order valence-electron chi connectivity index (χ0n) is 12.5. The normalized spacial score (nSPS) is 10.8. The van der Waals surface area contributed by atoms with Crippen molar-refractivity contribution in [2.45, 2.75) is 0 Å². The molecule has 0 atom stereocenters. The molecule has 0 radical (unpaired) electrons. The van der Waals surface area contributed by atoms with Crippen molar-refractivity contribution in [3.05, 3.63) is 75.8 Å². The third kappa shape index (κ3) is 2.43. The van der Waals surface area contributed by atoms with Gasteiger partial charge in [-0.3, -0.25) is 9.78 Å². The van der Waals surface area contributed by atoms with Crippen LogP contribution in [0.3, 0.4) is 0 Å². The molecule has 2 heterocycles. The van der Waals surface area contributed by atoms with Crippen LogP contribution in [0.4, 0.5) is 0 Å². The average molecular weight is 332 g/mol. The van der Waals surface area contributed by atoms with E-state index in [0.717, 1.165) is 16.7 Å². The number of rotatable bonds is 2. The number of H-pyrrole nitrogens is 2. The number of nitrogens with one attached hydrogen (secondary N) is 2. The van der Waals surface area contributed by atoms with Gasteiger partial charge in [0, 0.05) is 11.1 Å². The molecular weight excluding hydrogens is 320 g/mol. The Hall–Kier alpha value is -3.12. The average Bonchev–Trinajstić information content (AvgIpc) is 2.62. The highest BCUT2D eigenvalue weighted by molar-refractivity contribution is 7.71. The van der Waals surface area contributed by atoms with Crippen LogP contribution >= 0.6 is 12.2 Å². The maximum atomic E-state index is 12.6. The SMILES string of the molecule is O=c1[nH]c(=S)[nH]c2nnc(-c3ccccc3)c(-c3ccccc3)c12. The van der Waals surface area contributed by atoms with Gasteiger partial charge in [0.25, 0.3) is 5.56 Å². The first-order chi connectivity index (χ1) is 11.7. The predicted molar refractivity (Wildman–Crippen MR) is 96.2 cm³/mol. The summed E-state index contributed by atoms with van der Waals surface area (Å²) in [6, 6.07) is 19.4. The van der Waals surface area contributed by atoms with Crippen molar-refractivity contribution < 1.29 is 0 Å². The molecule has 0 aliphatic carbocycles. The van der Waals surface area contributed by atoms with Gasteiger partial charge < -0.3 is 4.98 Å². The molecule has 0 saturated heterocycles. The first-order valence-corrected chi connectivity index (χ1v) is 7.79. The molecule has 4 rings (SSSR count). The summed E-state index contributed by atoms with van der Waals surface area (Å²) in [7, 11) is 0. The van der Waals surface area contributed by atoms with Crippen molar-refractivity contribution >= 4 is 23.3 Å². The maximum absolute atomic E-state index is 12.6. The molecule has 2 N–H and O–H groups in total. The largest absolute Gasteiger partial charge is 0.315 e. The highest BCUT2D eigenvalue weighted by atomic mass is 32.1. The molecule has 0 amide bonds. The first-order valence-electron chi connectivity index (χ1n) is 7.38. The fourth-order valence-corrected chi connectivity index (χ4v) is 2.92. The van der Waals surface area contributed by atoms with Crippen molar-refractivity contribution in [1.82, 2.24) is 20.2 Å². The van der Waals surface area contributed by atoms with Gasteiger partial charge in [0.15, 0.2) is 10.4 Å². The third-order valence-electron chi connectivity index (χ3n) is 3.77. The van der Waals surface area contributed by atoms with E-state index in [1.54, 1.807) is 0 Å². The number of aromatic amines is 2. The standard InChI is InChI=1S/C18H12N4OS/c23-17-14-13(11-7-3-1-4-8-11)15(12-9-5-2-6-10-12)21-22-16(14)19-18(24)20-17/h1-10H,(H2,19,20,22,23,24). The second-order valence-corrected chi connectivity index (χ2v) is 5.70. The lowest BCUT2D eigenvalue weighted by molar-refractivity contribution is 1.03. The van der Waals surface area contributed by atoms with Gasteiger partial charge in [-0.25, -0.2) is 0 Å². The highest BCUT2D eigenvalue weighted by Gasteiger charge is 2.17. The van der Waals surface area contributed by atoms with E-state index in [9.17, 15) is 4.79 Å². The monoisotopic (exact) mass is 332 g/mol. The summed E-state index contributed by atoms with van der Waals surface area (Å²) in [4.78, 5) is 18.1. The highest BCUT2D eigenvalue weighted by Crippen LogP contribution is 2.33. The van der Waals surface area contributed by atoms with E-state index < -0.39 is 0 Å². The third-order valence-corrected chi connectivity index (χ3v) is 3.97. The maximum Gasteiger partial charge on any atom is 0.261 e. The summed E-state index contributed by atoms with van der Waals surface area (Å²) in [5.74, 6) is 0. The molecule has 116 valence electrons. The molecule has 0 aliphatic rings. The minimum Gasteiger partial charge on any atom is -0.315 e. The first kappa shape index (κ1) is 14.5. The molecule has 0 saturated carbocycles. The van der Waals surface area contributed by atoms with E-state index in [2.05, 4.69) is 20.2 Å². The molecular formula is C18H12N4OS. The lowest BCUT2D eigenvalue weighted by Gasteiger charge is -2.11. The quantitative estimate of drug-likeness (QED) is 0.549. The lowest BCUT2D eigenvalue weighted by atomic mass is 9.97. The topological polar surface area (TPSA) is 74.4 Å². The summed E-state index contributed by atoms with van der Waals surface area (Å²) >= 11 is 5.03. The number of hydrogen-bond acceptors (Lipinski definition) is 4. The van der Waals surface area contributed by atoms with E-state index in [1.165, 1.54) is 0 Å². The van der Waals surface area contributed by atoms with Crippen LogP contribution < -0.4 is 5.56 Å². The van der Waals surface area contributed by atoms with E-state index in [4.69, 9.17) is 12.2 Å². The van der Waals surface area contributed by atoms with Crippen LogP contribution in [-0.4, -0.2) is 20.2 Å². The van der Waals surface area contributed by atoms with Crippen LogP contribution in [0.2, 0.25) is 0 Å². The number of aromatic nitrogens is 4. The van der Waals surface area contributed by atoms with Crippen LogP contribution in [0, 0.1) is 4.77 Å². The Labute approximate surface area is 142 Å². The summed E-state index contributed by atoms with van der Waals surface area (Å²) < 4.78 is 0.230. The van der Waals surface area contributed by atoms with Gasteiger partial charge in [0.2, 0.25) is 0 Å². The number of hydrogen-bond donors (Lipinski definition) is 2. The van der Waals surface area contributed by atoms with E-state index in [-0.39, 0.29) is 10.3 Å². The van der Waals surface area contributed by atoms with Crippen LogP contribution in [0.25, 0.3) is 33.4 Å². The number of nitrogens with zero attached hydrogens (tertiary/aromatic N) is 2. The van der Waals surface area contributed by atoms with E-state index >= 15 is 0 Å². The van der Waals surface area contributed by atoms with Crippen LogP contribution in [-0.2, 0) is 0 Å². The molecule has 0 bridgehead atoms. The number of benzene rings is 2. The van der Waals surface area contributed by atoms with Crippen molar-refractivity contribution in [2.75, 3.05) is 0 Å². The Bertz CT molecular complexity index is 1130. The van der Waals surface area contributed by atoms with E-state index in [0.29, 0.717) is 16.7 Å². The molecule has 2 aromatic carbocycles. The molecule has 4 aromatic rings. The van der Waals surface area contributed by atoms with Crippen molar-refractivity contribution in [3.8, 4) is 22.4 Å². The fraction of sp³-hybridized carbons (Fsp3) is 0. The number of fused-ring (bicyclic) bond motifs is 1. The van der Waals surface area contributed by atoms with Gasteiger partial charge in [-0.1, -0.05) is 60.7 Å². The van der Waals surface area contributed by atoms with Gasteiger partial charge in [-0.2, -0.15) is 0 Å². The summed E-state index contributed by atoms with van der Waals surface area (Å²) in [6.07, 6.45) is 0. The smallest absolute Gasteiger partial charge is 0.261 e. The molecule has 0 spiro atoms. The molecule has 0 aliphatic heterocycles. The fourth-order valence-electron chi connectivity index (χ4n) is 2.73. The van der Waals surface area contributed by atoms with Crippen molar-refractivity contribution in [3.63, 3.8) is 0 Å². The molecule has 24 heavy (non-hydrogen) atoms. The Morgan fingerprint density at radius 1 is 0.792 bits per heavy atom. The second-order valence-electron chi connectivity index (χ2n) is 5.29. The van der Waals surface area contributed by atoms with Crippen molar-refractivity contribution in [1.29, 1.82) is 0 Å². The lowest BCUT2D eigenvalue weighted by Crippen LogP contribution is -2.12. The zero-order chi connectivity index (χ0) is 16.5.